The summed E-state index contributed by atoms with van der Waals surface area (Å²) in [7, 11) is 1.60. The Balaban J connectivity index is 0.818. The molecule has 4 amide bonds. The van der Waals surface area contributed by atoms with E-state index in [1.165, 1.54) is 10.6 Å². The molecule has 1 aliphatic carbocycles. The molecular weight excluding hydrogens is 935 g/mol. The van der Waals surface area contributed by atoms with Gasteiger partial charge in [0.05, 0.1) is 34.4 Å². The van der Waals surface area contributed by atoms with Gasteiger partial charge in [-0.2, -0.15) is 0 Å². The van der Waals surface area contributed by atoms with Gasteiger partial charge in [0, 0.05) is 81.9 Å². The lowest BCUT2D eigenvalue weighted by Crippen LogP contribution is -2.61. The highest BCUT2D eigenvalue weighted by molar-refractivity contribution is 7.17. The molecule has 376 valence electrons. The van der Waals surface area contributed by atoms with Gasteiger partial charge >= 0.3 is 0 Å². The Hall–Kier alpha value is -5.80. The van der Waals surface area contributed by atoms with Gasteiger partial charge in [0.25, 0.3) is 11.8 Å². The second-order valence-corrected chi connectivity index (χ2v) is 20.0. The predicted octanol–water partition coefficient (Wildman–Crippen LogP) is 6.22. The highest BCUT2D eigenvalue weighted by Crippen LogP contribution is 2.38. The first-order valence-electron chi connectivity index (χ1n) is 24.2. The van der Waals surface area contributed by atoms with Crippen LogP contribution in [0, 0.1) is 17.6 Å². The molecule has 3 aliphatic heterocycles. The van der Waals surface area contributed by atoms with E-state index in [4.69, 9.17) is 14.0 Å². The van der Waals surface area contributed by atoms with Crippen LogP contribution in [0.3, 0.4) is 0 Å². The number of fused-ring (bicyclic) bond motifs is 2. The van der Waals surface area contributed by atoms with Gasteiger partial charge in [-0.25, -0.2) is 17.6 Å². The first-order chi connectivity index (χ1) is 33.6. The standard InChI is InChI=1S/C49H59F4N9O7S/c1-29-25-59(48(66)44(56-46(64)30(2)54-3)31-6-12-49(52,53)13-7-31)18-19-60(29)47(65)40-22-32-21-36(50)37(51)24-39(32)62(40)27-43(63)61-15-4-5-33(61)28-67-42-23-35(69-57-42)26-58-16-9-34(10-17-58)68-41-8-14-55-38-11-20-70-45(38)41/h8,11,14,20-24,29-31,33-34,44,54H,4-7,9-10,12-13,15-19,25-28H2,1-3H3,(H,56,64)/t29-,30-,33?,44-/m0/s1. The summed E-state index contributed by atoms with van der Waals surface area (Å²) < 4.78 is 78.3. The van der Waals surface area contributed by atoms with Crippen LogP contribution >= 0.6 is 11.3 Å². The summed E-state index contributed by atoms with van der Waals surface area (Å²) in [4.78, 5) is 67.3. The zero-order valence-electron chi connectivity index (χ0n) is 39.5. The number of nitrogens with one attached hydrogen (secondary N) is 2. The Morgan fingerprint density at radius 3 is 2.49 bits per heavy atom. The number of benzene rings is 1. The Kier molecular flexibility index (Phi) is 14.7. The van der Waals surface area contributed by atoms with Crippen molar-refractivity contribution in [2.45, 2.75) is 114 Å². The molecule has 4 fully saturated rings. The maximum absolute atomic E-state index is 14.9. The molecule has 5 aromatic rings. The van der Waals surface area contributed by atoms with Crippen LogP contribution in [-0.2, 0) is 27.5 Å². The zero-order chi connectivity index (χ0) is 49.3. The number of likely N-dealkylation sites (N-methyl/N-ethyl adjacent to an activating group) is 1. The second-order valence-electron chi connectivity index (χ2n) is 19.1. The summed E-state index contributed by atoms with van der Waals surface area (Å²) in [6.07, 6.45) is 4.29. The maximum Gasteiger partial charge on any atom is 0.270 e. The third kappa shape index (κ3) is 10.8. The SMILES string of the molecule is CN[C@@H](C)C(=O)N[C@H](C(=O)N1CCN(C(=O)c2cc3cc(F)c(F)cc3n2CC(=O)N2CCCC2COc2cc(CN3CCC(Oc4ccnc5ccsc45)CC3)on2)[C@@H](C)C1)C1CCC(F)(F)CC1. The summed E-state index contributed by atoms with van der Waals surface area (Å²) in [5.41, 5.74) is 1.14. The molecule has 21 heteroatoms. The molecule has 2 N–H and O–H groups in total. The van der Waals surface area contributed by atoms with Crippen LogP contribution < -0.4 is 20.1 Å². The van der Waals surface area contributed by atoms with E-state index in [0.717, 1.165) is 54.0 Å². The van der Waals surface area contributed by atoms with E-state index in [9.17, 15) is 36.7 Å². The van der Waals surface area contributed by atoms with Crippen molar-refractivity contribution in [3.05, 3.63) is 71.1 Å². The van der Waals surface area contributed by atoms with Crippen LogP contribution in [-0.4, -0.2) is 147 Å². The Morgan fingerprint density at radius 1 is 0.957 bits per heavy atom. The lowest BCUT2D eigenvalue weighted by atomic mass is 9.81. The minimum Gasteiger partial charge on any atom is -0.489 e. The number of thiophene rings is 1. The molecule has 1 aromatic carbocycles. The Labute approximate surface area is 406 Å². The van der Waals surface area contributed by atoms with Crippen LogP contribution in [0.2, 0.25) is 0 Å². The van der Waals surface area contributed by atoms with Crippen LogP contribution in [0.15, 0.2) is 52.5 Å². The number of ether oxygens (including phenoxy) is 2. The van der Waals surface area contributed by atoms with Gasteiger partial charge in [-0.15, -0.1) is 11.3 Å². The van der Waals surface area contributed by atoms with Gasteiger partial charge in [-0.1, -0.05) is 0 Å². The van der Waals surface area contributed by atoms with Crippen LogP contribution in [0.5, 0.6) is 11.6 Å². The number of pyridine rings is 1. The third-order valence-electron chi connectivity index (χ3n) is 14.5. The molecule has 4 aromatic heterocycles. The van der Waals surface area contributed by atoms with Crippen LogP contribution in [0.25, 0.3) is 21.1 Å². The number of nitrogens with zero attached hydrogens (tertiary/aromatic N) is 7. The predicted molar refractivity (Wildman–Crippen MR) is 252 cm³/mol. The van der Waals surface area contributed by atoms with Crippen molar-refractivity contribution in [1.82, 2.24) is 44.9 Å². The lowest BCUT2D eigenvalue weighted by Gasteiger charge is -2.42. The average molecular weight is 994 g/mol. The van der Waals surface area contributed by atoms with Crippen LogP contribution in [0.1, 0.15) is 81.5 Å². The third-order valence-corrected chi connectivity index (χ3v) is 15.4. The smallest absolute Gasteiger partial charge is 0.270 e. The molecule has 0 radical (unpaired) electrons. The van der Waals surface area contributed by atoms with Gasteiger partial charge in [0.2, 0.25) is 23.6 Å². The molecule has 16 nitrogen and oxygen atoms in total. The molecule has 4 aliphatic rings. The van der Waals surface area contributed by atoms with E-state index in [0.29, 0.717) is 37.6 Å². The Bertz CT molecular complexity index is 2700. The van der Waals surface area contributed by atoms with Crippen molar-refractivity contribution in [3.63, 3.8) is 0 Å². The van der Waals surface area contributed by atoms with Gasteiger partial charge in [0.15, 0.2) is 17.4 Å². The number of likely N-dealkylation sites (tertiary alicyclic amines) is 2. The number of piperazine rings is 1. The fourth-order valence-corrected chi connectivity index (χ4v) is 11.1. The quantitative estimate of drug-likeness (QED) is 0.114. The van der Waals surface area contributed by atoms with Crippen molar-refractivity contribution >= 4 is 56.1 Å². The average Bonchev–Trinajstić information content (AvgIpc) is 4.18. The summed E-state index contributed by atoms with van der Waals surface area (Å²) >= 11 is 1.62. The number of hydrogen-bond acceptors (Lipinski definition) is 12. The number of carbonyl (C=O) groups excluding carboxylic acids is 4. The maximum atomic E-state index is 14.9. The number of carbonyl (C=O) groups is 4. The molecule has 70 heavy (non-hydrogen) atoms. The number of amides is 4. The van der Waals surface area contributed by atoms with Crippen molar-refractivity contribution in [3.8, 4) is 11.6 Å². The summed E-state index contributed by atoms with van der Waals surface area (Å²) in [6, 6.07) is 6.52. The van der Waals surface area contributed by atoms with Crippen molar-refractivity contribution in [1.29, 1.82) is 0 Å². The van der Waals surface area contributed by atoms with Crippen LogP contribution in [0.4, 0.5) is 17.6 Å². The van der Waals surface area contributed by atoms with E-state index in [1.54, 1.807) is 59.2 Å². The second kappa shape index (κ2) is 20.9. The van der Waals surface area contributed by atoms with Gasteiger partial charge < -0.3 is 43.9 Å². The van der Waals surface area contributed by atoms with Gasteiger partial charge in [0.1, 0.15) is 36.7 Å². The van der Waals surface area contributed by atoms with Crippen molar-refractivity contribution in [2.75, 3.05) is 52.9 Å². The highest BCUT2D eigenvalue weighted by Gasteiger charge is 2.43. The van der Waals surface area contributed by atoms with E-state index in [1.807, 2.05) is 17.5 Å². The molecule has 4 atom stereocenters. The topological polar surface area (TPSA) is 168 Å². The van der Waals surface area contributed by atoms with Crippen molar-refractivity contribution in [2.24, 2.45) is 5.92 Å². The molecule has 3 saturated heterocycles. The first-order valence-corrected chi connectivity index (χ1v) is 25.0. The van der Waals surface area contributed by atoms with E-state index < -0.39 is 59.3 Å². The summed E-state index contributed by atoms with van der Waals surface area (Å²) in [6.45, 7) is 6.01. The number of halogens is 4. The first kappa shape index (κ1) is 49.2. The molecular formula is C49H59F4N9O7S. The number of piperidine rings is 1. The summed E-state index contributed by atoms with van der Waals surface area (Å²) in [5, 5.41) is 12.0. The van der Waals surface area contributed by atoms with E-state index >= 15 is 0 Å². The van der Waals surface area contributed by atoms with Crippen molar-refractivity contribution < 1.29 is 50.7 Å². The largest absolute Gasteiger partial charge is 0.489 e. The monoisotopic (exact) mass is 993 g/mol. The molecule has 0 bridgehead atoms. The fraction of sp³-hybridized carbons (Fsp3) is 0.551. The van der Waals surface area contributed by atoms with E-state index in [2.05, 4.69) is 25.7 Å². The number of hydrogen-bond donors (Lipinski definition) is 2. The fourth-order valence-electron chi connectivity index (χ4n) is 10.3. The minimum absolute atomic E-state index is 0.0433. The minimum atomic E-state index is -2.83. The number of alkyl halides is 2. The molecule has 1 unspecified atom stereocenters. The number of rotatable bonds is 15. The zero-order valence-corrected chi connectivity index (χ0v) is 40.3. The Morgan fingerprint density at radius 2 is 1.73 bits per heavy atom. The lowest BCUT2D eigenvalue weighted by molar-refractivity contribution is -0.142. The number of aromatic nitrogens is 3. The van der Waals surface area contributed by atoms with Gasteiger partial charge in [-0.3, -0.25) is 29.1 Å². The molecule has 7 heterocycles. The van der Waals surface area contributed by atoms with E-state index in [-0.39, 0.29) is 93.1 Å². The highest BCUT2D eigenvalue weighted by atomic mass is 32.1. The molecule has 9 rings (SSSR count). The summed E-state index contributed by atoms with van der Waals surface area (Å²) in [5.74, 6) is -5.45. The van der Waals surface area contributed by atoms with Gasteiger partial charge in [-0.05, 0) is 100 Å². The molecule has 0 spiro atoms. The normalized spacial score (nSPS) is 21.3. The molecule has 1 saturated carbocycles.